The van der Waals surface area contributed by atoms with Gasteiger partial charge in [-0.05, 0) is 105 Å². The number of carbonyl (C=O) groups is 1. The number of allylic oxidation sites excluding steroid dienone is 2. The van der Waals surface area contributed by atoms with Crippen molar-refractivity contribution in [3.05, 3.63) is 93.7 Å². The van der Waals surface area contributed by atoms with Crippen molar-refractivity contribution in [2.24, 2.45) is 0 Å². The number of halogens is 5. The SMILES string of the molecule is O=C(c1ccc(F)cc1)N1CCC2=C(F)CCCC2=C1CCN1CCC(c2cccc(C(F)(F)F)c2)CC1. The Morgan fingerprint density at radius 1 is 0.895 bits per heavy atom. The van der Waals surface area contributed by atoms with Crippen molar-refractivity contribution >= 4 is 5.91 Å². The van der Waals surface area contributed by atoms with Gasteiger partial charge in [0.25, 0.3) is 5.91 Å². The average molecular weight is 531 g/mol. The molecule has 0 aromatic heterocycles. The Kier molecular flexibility index (Phi) is 7.70. The molecule has 3 aliphatic rings. The van der Waals surface area contributed by atoms with E-state index >= 15 is 0 Å². The lowest BCUT2D eigenvalue weighted by molar-refractivity contribution is -0.137. The van der Waals surface area contributed by atoms with Crippen LogP contribution < -0.4 is 0 Å². The van der Waals surface area contributed by atoms with E-state index in [4.69, 9.17) is 0 Å². The van der Waals surface area contributed by atoms with E-state index in [1.165, 1.54) is 36.4 Å². The zero-order chi connectivity index (χ0) is 26.9. The molecule has 3 nitrogen and oxygen atoms in total. The number of hydrogen-bond donors (Lipinski definition) is 0. The van der Waals surface area contributed by atoms with Crippen LogP contribution >= 0.6 is 0 Å². The van der Waals surface area contributed by atoms with E-state index in [-0.39, 0.29) is 17.7 Å². The van der Waals surface area contributed by atoms with Gasteiger partial charge in [0, 0.05) is 30.8 Å². The number of carbonyl (C=O) groups excluding carboxylic acids is 1. The van der Waals surface area contributed by atoms with Crippen molar-refractivity contribution in [2.75, 3.05) is 26.2 Å². The van der Waals surface area contributed by atoms with Crippen molar-refractivity contribution < 1.29 is 26.7 Å². The monoisotopic (exact) mass is 530 g/mol. The Morgan fingerprint density at radius 3 is 2.34 bits per heavy atom. The molecular weight excluding hydrogens is 499 g/mol. The molecule has 0 bridgehead atoms. The maximum Gasteiger partial charge on any atom is 0.416 e. The van der Waals surface area contributed by atoms with E-state index in [2.05, 4.69) is 4.90 Å². The second-order valence-corrected chi connectivity index (χ2v) is 10.4. The number of benzene rings is 2. The molecule has 2 aromatic rings. The second kappa shape index (κ2) is 11.0. The fourth-order valence-electron chi connectivity index (χ4n) is 5.99. The van der Waals surface area contributed by atoms with E-state index in [1.54, 1.807) is 11.0 Å². The predicted octanol–water partition coefficient (Wildman–Crippen LogP) is 7.62. The van der Waals surface area contributed by atoms with Gasteiger partial charge >= 0.3 is 6.18 Å². The number of piperidine rings is 1. The van der Waals surface area contributed by atoms with Crippen molar-refractivity contribution in [1.82, 2.24) is 9.80 Å². The highest BCUT2D eigenvalue weighted by molar-refractivity contribution is 5.95. The van der Waals surface area contributed by atoms with Gasteiger partial charge in [-0.15, -0.1) is 0 Å². The molecule has 5 rings (SSSR count). The Labute approximate surface area is 219 Å². The Morgan fingerprint density at radius 2 is 1.63 bits per heavy atom. The van der Waals surface area contributed by atoms with Crippen molar-refractivity contribution in [1.29, 1.82) is 0 Å². The number of alkyl halides is 3. The van der Waals surface area contributed by atoms with Gasteiger partial charge in [0.1, 0.15) is 11.6 Å². The molecule has 0 radical (unpaired) electrons. The smallest absolute Gasteiger partial charge is 0.311 e. The summed E-state index contributed by atoms with van der Waals surface area (Å²) in [5, 5.41) is 0. The summed E-state index contributed by atoms with van der Waals surface area (Å²) in [7, 11) is 0. The van der Waals surface area contributed by atoms with Crippen LogP contribution in [0, 0.1) is 5.82 Å². The van der Waals surface area contributed by atoms with Gasteiger partial charge in [0.05, 0.1) is 5.56 Å². The van der Waals surface area contributed by atoms with E-state index in [0.29, 0.717) is 44.3 Å². The number of hydrogen-bond acceptors (Lipinski definition) is 2. The van der Waals surface area contributed by atoms with Crippen LogP contribution in [0.1, 0.15) is 72.3 Å². The molecule has 2 heterocycles. The fraction of sp³-hybridized carbons (Fsp3) is 0.433. The molecule has 0 unspecified atom stereocenters. The van der Waals surface area contributed by atoms with Crippen LogP contribution in [0.3, 0.4) is 0 Å². The van der Waals surface area contributed by atoms with Gasteiger partial charge in [0.15, 0.2) is 0 Å². The first kappa shape index (κ1) is 26.6. The van der Waals surface area contributed by atoms with Gasteiger partial charge in [-0.1, -0.05) is 18.2 Å². The number of rotatable bonds is 5. The highest BCUT2D eigenvalue weighted by Crippen LogP contribution is 2.40. The summed E-state index contributed by atoms with van der Waals surface area (Å²) in [6, 6.07) is 11.1. The van der Waals surface area contributed by atoms with Gasteiger partial charge in [-0.25, -0.2) is 8.78 Å². The number of nitrogens with zero attached hydrogens (tertiary/aromatic N) is 2. The van der Waals surface area contributed by atoms with Crippen LogP contribution in [0.25, 0.3) is 0 Å². The molecule has 0 saturated carbocycles. The fourth-order valence-corrected chi connectivity index (χ4v) is 5.99. The van der Waals surface area contributed by atoms with Crippen LogP contribution in [0.2, 0.25) is 0 Å². The van der Waals surface area contributed by atoms with Crippen LogP contribution in [-0.4, -0.2) is 41.9 Å². The summed E-state index contributed by atoms with van der Waals surface area (Å²) < 4.78 is 67.6. The first-order valence-corrected chi connectivity index (χ1v) is 13.3. The van der Waals surface area contributed by atoms with Crippen LogP contribution in [0.5, 0.6) is 0 Å². The topological polar surface area (TPSA) is 23.6 Å². The number of likely N-dealkylation sites (tertiary alicyclic amines) is 1. The summed E-state index contributed by atoms with van der Waals surface area (Å²) in [4.78, 5) is 17.4. The predicted molar refractivity (Wildman–Crippen MR) is 136 cm³/mol. The molecule has 1 amide bonds. The van der Waals surface area contributed by atoms with Crippen molar-refractivity contribution in [3.8, 4) is 0 Å². The third-order valence-electron chi connectivity index (χ3n) is 8.05. The molecular formula is C30H31F5N2O. The minimum Gasteiger partial charge on any atom is -0.311 e. The molecule has 0 N–H and O–H groups in total. The molecule has 2 aliphatic heterocycles. The van der Waals surface area contributed by atoms with Gasteiger partial charge in [-0.3, -0.25) is 4.79 Å². The minimum atomic E-state index is -4.35. The van der Waals surface area contributed by atoms with Gasteiger partial charge in [-0.2, -0.15) is 13.2 Å². The highest BCUT2D eigenvalue weighted by atomic mass is 19.4. The molecule has 2 aromatic carbocycles. The molecule has 0 atom stereocenters. The molecule has 8 heteroatoms. The van der Waals surface area contributed by atoms with Crippen LogP contribution in [-0.2, 0) is 6.18 Å². The number of fused-ring (bicyclic) bond motifs is 1. The number of amides is 1. The first-order chi connectivity index (χ1) is 18.2. The van der Waals surface area contributed by atoms with E-state index < -0.39 is 17.6 Å². The van der Waals surface area contributed by atoms with E-state index in [9.17, 15) is 26.7 Å². The summed E-state index contributed by atoms with van der Waals surface area (Å²) in [6.07, 6.45) is 0.0670. The van der Waals surface area contributed by atoms with Crippen LogP contribution in [0.4, 0.5) is 22.0 Å². The lowest BCUT2D eigenvalue weighted by Crippen LogP contribution is -2.39. The molecule has 1 fully saturated rings. The maximum absolute atomic E-state index is 14.7. The Balaban J connectivity index is 1.29. The lowest BCUT2D eigenvalue weighted by Gasteiger charge is -2.38. The molecule has 202 valence electrons. The lowest BCUT2D eigenvalue weighted by atomic mass is 9.84. The molecule has 1 saturated heterocycles. The molecule has 38 heavy (non-hydrogen) atoms. The Bertz CT molecular complexity index is 1240. The summed E-state index contributed by atoms with van der Waals surface area (Å²) in [5.74, 6) is -0.629. The van der Waals surface area contributed by atoms with Gasteiger partial charge < -0.3 is 9.80 Å². The zero-order valence-corrected chi connectivity index (χ0v) is 21.2. The van der Waals surface area contributed by atoms with E-state index in [0.717, 1.165) is 60.8 Å². The summed E-state index contributed by atoms with van der Waals surface area (Å²) in [6.45, 7) is 2.55. The van der Waals surface area contributed by atoms with Crippen molar-refractivity contribution in [3.63, 3.8) is 0 Å². The van der Waals surface area contributed by atoms with Crippen molar-refractivity contribution in [2.45, 2.75) is 57.0 Å². The largest absolute Gasteiger partial charge is 0.416 e. The van der Waals surface area contributed by atoms with Crippen LogP contribution in [0.15, 0.2) is 71.2 Å². The zero-order valence-electron chi connectivity index (χ0n) is 21.2. The average Bonchev–Trinajstić information content (AvgIpc) is 2.92. The minimum absolute atomic E-state index is 0.0730. The highest BCUT2D eigenvalue weighted by Gasteiger charge is 2.33. The first-order valence-electron chi connectivity index (χ1n) is 13.3. The second-order valence-electron chi connectivity index (χ2n) is 10.4. The van der Waals surface area contributed by atoms with Gasteiger partial charge in [0.2, 0.25) is 0 Å². The molecule has 1 aliphatic carbocycles. The quantitative estimate of drug-likeness (QED) is 0.371. The Hall–Kier alpha value is -3.00. The standard InChI is InChI=1S/C30H31F5N2O/c31-24-9-7-21(8-10-24)29(38)37-18-13-25-26(5-2-6-27(25)32)28(37)14-17-36-15-11-20(12-16-36)22-3-1-4-23(19-22)30(33,34)35/h1,3-4,7-10,19-20H,2,5-6,11-18H2. The summed E-state index contributed by atoms with van der Waals surface area (Å²) >= 11 is 0. The molecule has 0 spiro atoms. The third kappa shape index (κ3) is 5.70. The normalized spacial score (nSPS) is 19.7. The maximum atomic E-state index is 14.7. The summed E-state index contributed by atoms with van der Waals surface area (Å²) in [5.41, 5.74) is 3.01. The third-order valence-corrected chi connectivity index (χ3v) is 8.05. The van der Waals surface area contributed by atoms with E-state index in [1.807, 2.05) is 0 Å².